The SMILES string of the molecule is C=C/C(=C\C(=NC)C(=O)NC1Cc2ccccc2-n2ccnc21)Oc1ccccc1. The molecule has 6 nitrogen and oxygen atoms in total. The van der Waals surface area contributed by atoms with Gasteiger partial charge in [0.05, 0.1) is 11.7 Å². The second-order valence-corrected chi connectivity index (χ2v) is 6.79. The highest BCUT2D eigenvalue weighted by atomic mass is 16.5. The number of ether oxygens (including phenoxy) is 1. The van der Waals surface area contributed by atoms with Gasteiger partial charge in [0.15, 0.2) is 0 Å². The minimum Gasteiger partial charge on any atom is -0.457 e. The topological polar surface area (TPSA) is 68.5 Å². The molecule has 0 fully saturated rings. The lowest BCUT2D eigenvalue weighted by atomic mass is 9.99. The number of carbonyl (C=O) groups excluding carboxylic acids is 1. The third-order valence-corrected chi connectivity index (χ3v) is 4.89. The first-order valence-electron chi connectivity index (χ1n) is 9.66. The van der Waals surface area contributed by atoms with E-state index in [2.05, 4.69) is 34.0 Å². The first-order valence-corrected chi connectivity index (χ1v) is 9.66. The zero-order chi connectivity index (χ0) is 20.9. The summed E-state index contributed by atoms with van der Waals surface area (Å²) < 4.78 is 7.80. The highest BCUT2D eigenvalue weighted by Gasteiger charge is 2.27. The van der Waals surface area contributed by atoms with E-state index in [0.717, 1.165) is 17.1 Å². The summed E-state index contributed by atoms with van der Waals surface area (Å²) in [6, 6.07) is 17.2. The van der Waals surface area contributed by atoms with Crippen LogP contribution in [0, 0.1) is 0 Å². The van der Waals surface area contributed by atoms with Crippen molar-refractivity contribution >= 4 is 11.6 Å². The predicted molar refractivity (Wildman–Crippen MR) is 117 cm³/mol. The largest absolute Gasteiger partial charge is 0.457 e. The Bertz CT molecular complexity index is 1130. The molecule has 0 radical (unpaired) electrons. The van der Waals surface area contributed by atoms with E-state index in [4.69, 9.17) is 4.74 Å². The van der Waals surface area contributed by atoms with Crippen LogP contribution in [0.2, 0.25) is 0 Å². The summed E-state index contributed by atoms with van der Waals surface area (Å²) >= 11 is 0. The van der Waals surface area contributed by atoms with E-state index in [1.54, 1.807) is 25.4 Å². The van der Waals surface area contributed by atoms with Crippen LogP contribution in [-0.2, 0) is 11.2 Å². The van der Waals surface area contributed by atoms with Crippen molar-refractivity contribution in [3.05, 3.63) is 103 Å². The molecule has 1 unspecified atom stereocenters. The number of rotatable bonds is 6. The number of aromatic nitrogens is 2. The standard InChI is InChI=1S/C24H22N4O2/c1-3-18(30-19-10-5-4-6-11-19)16-21(25-2)24(29)27-20-15-17-9-7-8-12-22(17)28-14-13-26-23(20)28/h3-14,16,20H,1,15H2,2H3,(H,27,29)/b18-16+,25-21?. The van der Waals surface area contributed by atoms with E-state index in [1.807, 2.05) is 53.2 Å². The normalized spacial score (nSPS) is 15.7. The van der Waals surface area contributed by atoms with Crippen LogP contribution in [-0.4, -0.2) is 28.2 Å². The number of benzene rings is 2. The Hall–Kier alpha value is -3.93. The number of hydrogen-bond acceptors (Lipinski definition) is 4. The highest BCUT2D eigenvalue weighted by molar-refractivity contribution is 6.43. The van der Waals surface area contributed by atoms with Crippen LogP contribution in [0.5, 0.6) is 5.75 Å². The smallest absolute Gasteiger partial charge is 0.270 e. The maximum absolute atomic E-state index is 13.0. The summed E-state index contributed by atoms with van der Waals surface area (Å²) in [5, 5.41) is 3.06. The first-order chi connectivity index (χ1) is 14.7. The Kier molecular flexibility index (Phi) is 5.57. The van der Waals surface area contributed by atoms with E-state index < -0.39 is 0 Å². The van der Waals surface area contributed by atoms with Crippen LogP contribution in [0.15, 0.2) is 96.5 Å². The first kappa shape index (κ1) is 19.4. The molecule has 1 aliphatic heterocycles. The predicted octanol–water partition coefficient (Wildman–Crippen LogP) is 3.81. The van der Waals surface area contributed by atoms with Gasteiger partial charge in [-0.3, -0.25) is 9.79 Å². The third kappa shape index (κ3) is 3.93. The van der Waals surface area contributed by atoms with E-state index in [0.29, 0.717) is 17.9 Å². The van der Waals surface area contributed by atoms with Gasteiger partial charge in [-0.05, 0) is 29.8 Å². The number of amides is 1. The molecule has 0 aliphatic carbocycles. The zero-order valence-corrected chi connectivity index (χ0v) is 16.7. The summed E-state index contributed by atoms with van der Waals surface area (Å²) in [7, 11) is 1.58. The lowest BCUT2D eigenvalue weighted by Crippen LogP contribution is -2.37. The quantitative estimate of drug-likeness (QED) is 0.390. The van der Waals surface area contributed by atoms with Gasteiger partial charge in [0.2, 0.25) is 0 Å². The molecule has 1 aliphatic rings. The van der Waals surface area contributed by atoms with Gasteiger partial charge in [0.1, 0.15) is 23.0 Å². The summed E-state index contributed by atoms with van der Waals surface area (Å²) in [6.45, 7) is 3.77. The molecule has 1 N–H and O–H groups in total. The summed E-state index contributed by atoms with van der Waals surface area (Å²) in [4.78, 5) is 21.6. The van der Waals surface area contributed by atoms with Gasteiger partial charge in [0.25, 0.3) is 5.91 Å². The Morgan fingerprint density at radius 1 is 1.23 bits per heavy atom. The van der Waals surface area contributed by atoms with E-state index in [1.165, 1.54) is 0 Å². The fraction of sp³-hybridized carbons (Fsp3) is 0.125. The van der Waals surface area contributed by atoms with E-state index in [9.17, 15) is 4.79 Å². The van der Waals surface area contributed by atoms with Crippen molar-refractivity contribution in [1.29, 1.82) is 0 Å². The molecule has 3 aromatic rings. The maximum Gasteiger partial charge on any atom is 0.270 e. The zero-order valence-electron chi connectivity index (χ0n) is 16.7. The van der Waals surface area contributed by atoms with Crippen molar-refractivity contribution in [2.24, 2.45) is 4.99 Å². The summed E-state index contributed by atoms with van der Waals surface area (Å²) in [5.41, 5.74) is 2.49. The average Bonchev–Trinajstić information content (AvgIpc) is 3.28. The van der Waals surface area contributed by atoms with Gasteiger partial charge in [-0.25, -0.2) is 4.98 Å². The fourth-order valence-corrected chi connectivity index (χ4v) is 3.47. The van der Waals surface area contributed by atoms with Gasteiger partial charge in [0, 0.05) is 31.9 Å². The number of carbonyl (C=O) groups is 1. The molecule has 1 atom stereocenters. The molecule has 0 saturated carbocycles. The molecule has 0 saturated heterocycles. The van der Waals surface area contributed by atoms with Gasteiger partial charge in [-0.15, -0.1) is 0 Å². The van der Waals surface area contributed by atoms with Crippen molar-refractivity contribution in [1.82, 2.24) is 14.9 Å². The summed E-state index contributed by atoms with van der Waals surface area (Å²) in [5.74, 6) is 1.59. The minimum atomic E-state index is -0.299. The second-order valence-electron chi connectivity index (χ2n) is 6.79. The maximum atomic E-state index is 13.0. The minimum absolute atomic E-state index is 0.248. The van der Waals surface area contributed by atoms with Crippen LogP contribution in [0.4, 0.5) is 0 Å². The number of imidazole rings is 1. The molecule has 150 valence electrons. The molecule has 4 rings (SSSR count). The molecule has 1 amide bonds. The third-order valence-electron chi connectivity index (χ3n) is 4.89. The molecule has 0 bridgehead atoms. The Labute approximate surface area is 175 Å². The Morgan fingerprint density at radius 2 is 2.00 bits per heavy atom. The molecule has 30 heavy (non-hydrogen) atoms. The number of aliphatic imine (C=N–C) groups is 1. The van der Waals surface area contributed by atoms with Gasteiger partial charge in [-0.1, -0.05) is 43.0 Å². The van der Waals surface area contributed by atoms with Gasteiger partial charge in [-0.2, -0.15) is 0 Å². The number of nitrogens with zero attached hydrogens (tertiary/aromatic N) is 3. The Morgan fingerprint density at radius 3 is 2.77 bits per heavy atom. The summed E-state index contributed by atoms with van der Waals surface area (Å²) in [6.07, 6.45) is 7.45. The van der Waals surface area contributed by atoms with Crippen molar-refractivity contribution in [2.45, 2.75) is 12.5 Å². The Balaban J connectivity index is 1.53. The van der Waals surface area contributed by atoms with E-state index >= 15 is 0 Å². The van der Waals surface area contributed by atoms with Crippen LogP contribution < -0.4 is 10.1 Å². The second kappa shape index (κ2) is 8.61. The highest BCUT2D eigenvalue weighted by Crippen LogP contribution is 2.29. The van der Waals surface area contributed by atoms with Crippen molar-refractivity contribution in [2.75, 3.05) is 7.05 Å². The molecular weight excluding hydrogens is 376 g/mol. The van der Waals surface area contributed by atoms with Crippen LogP contribution in [0.1, 0.15) is 17.4 Å². The average molecular weight is 398 g/mol. The van der Waals surface area contributed by atoms with E-state index in [-0.39, 0.29) is 17.7 Å². The lowest BCUT2D eigenvalue weighted by Gasteiger charge is -2.26. The fourth-order valence-electron chi connectivity index (χ4n) is 3.47. The van der Waals surface area contributed by atoms with Crippen LogP contribution in [0.3, 0.4) is 0 Å². The molecular formula is C24H22N4O2. The number of para-hydroxylation sites is 2. The lowest BCUT2D eigenvalue weighted by molar-refractivity contribution is -0.115. The molecule has 6 heteroatoms. The van der Waals surface area contributed by atoms with Gasteiger partial charge >= 0.3 is 0 Å². The molecule has 2 heterocycles. The van der Waals surface area contributed by atoms with Crippen molar-refractivity contribution < 1.29 is 9.53 Å². The monoisotopic (exact) mass is 398 g/mol. The molecule has 0 spiro atoms. The van der Waals surface area contributed by atoms with Crippen molar-refractivity contribution in [3.63, 3.8) is 0 Å². The number of nitrogens with one attached hydrogen (secondary N) is 1. The van der Waals surface area contributed by atoms with Crippen LogP contribution in [0.25, 0.3) is 5.69 Å². The van der Waals surface area contributed by atoms with Crippen LogP contribution >= 0.6 is 0 Å². The number of hydrogen-bond donors (Lipinski definition) is 1. The number of allylic oxidation sites excluding steroid dienone is 1. The van der Waals surface area contributed by atoms with Gasteiger partial charge < -0.3 is 14.6 Å². The van der Waals surface area contributed by atoms with Crippen molar-refractivity contribution in [3.8, 4) is 11.4 Å². The molecule has 1 aromatic heterocycles. The number of fused-ring (bicyclic) bond motifs is 3. The molecule has 2 aromatic carbocycles.